The molecule has 0 aliphatic rings. The van der Waals surface area contributed by atoms with Crippen LogP contribution < -0.4 is 45.7 Å². The normalized spacial score (nSPS) is 12.9. The van der Waals surface area contributed by atoms with Crippen LogP contribution >= 0.6 is 0 Å². The standard InChI is InChI=1S/C32H38FN3O6.Na/c1-19(2)36-27(14-13-25(38)16-26(39)17-28(40)41)29(22-9-11-23(33)12-10-22)30(21-7-5-4-6-8-21)31(36)32(42)35-18-24(34)15-20(3)37;/h4-12,15,19,25-26,38-39H,13-14,16-18,34H2,1-3H3,(H,35,42)(H,40,41);/q;+1/p-1/b24-15+;/t25-,26-;/m1./s1. The third-order valence-corrected chi connectivity index (χ3v) is 6.74. The predicted octanol–water partition coefficient (Wildman–Crippen LogP) is -0.108. The monoisotopic (exact) mass is 601 g/mol. The summed E-state index contributed by atoms with van der Waals surface area (Å²) in [4.78, 5) is 36.2. The number of benzene rings is 2. The van der Waals surface area contributed by atoms with Crippen LogP contribution in [0, 0.1) is 5.82 Å². The molecule has 0 aliphatic carbocycles. The number of hydrogen-bond acceptors (Lipinski definition) is 7. The van der Waals surface area contributed by atoms with E-state index in [1.54, 1.807) is 12.1 Å². The first-order chi connectivity index (χ1) is 19.9. The maximum absolute atomic E-state index is 14.0. The van der Waals surface area contributed by atoms with Crippen LogP contribution in [0.5, 0.6) is 0 Å². The van der Waals surface area contributed by atoms with Gasteiger partial charge in [-0.2, -0.15) is 0 Å². The van der Waals surface area contributed by atoms with E-state index >= 15 is 0 Å². The fourth-order valence-corrected chi connectivity index (χ4v) is 5.08. The summed E-state index contributed by atoms with van der Waals surface area (Å²) in [6, 6.07) is 14.9. The SMILES string of the molecule is CC(=O)/C=C(/N)CNC(=O)c1c(-c2ccccc2)c(-c2ccc(F)cc2)c(CC[C@@H](O)C[C@@H](O)CC(=O)[O-])n1C(C)C.[Na+]. The summed E-state index contributed by atoms with van der Waals surface area (Å²) in [5.74, 6) is -2.53. The topological polar surface area (TPSA) is 158 Å². The Morgan fingerprint density at radius 2 is 1.60 bits per heavy atom. The van der Waals surface area contributed by atoms with Gasteiger partial charge in [0.25, 0.3) is 5.91 Å². The van der Waals surface area contributed by atoms with Crippen LogP contribution in [-0.4, -0.2) is 51.2 Å². The molecule has 0 fully saturated rings. The van der Waals surface area contributed by atoms with E-state index in [1.807, 2.05) is 48.7 Å². The molecule has 3 aromatic rings. The van der Waals surface area contributed by atoms with Gasteiger partial charge in [-0.05, 0) is 63.3 Å². The number of nitrogens with zero attached hydrogens (tertiary/aromatic N) is 1. The van der Waals surface area contributed by atoms with E-state index in [2.05, 4.69) is 5.32 Å². The molecule has 0 radical (unpaired) electrons. The Morgan fingerprint density at radius 3 is 2.16 bits per heavy atom. The minimum absolute atomic E-state index is 0. The van der Waals surface area contributed by atoms with Crippen molar-refractivity contribution in [2.45, 2.75) is 64.7 Å². The molecule has 1 aromatic heterocycles. The fraction of sp³-hybridized carbons (Fsp3) is 0.344. The Hall–Kier alpha value is -3.28. The summed E-state index contributed by atoms with van der Waals surface area (Å²) >= 11 is 0. The van der Waals surface area contributed by atoms with Gasteiger partial charge < -0.3 is 35.7 Å². The minimum Gasteiger partial charge on any atom is -0.550 e. The van der Waals surface area contributed by atoms with E-state index in [0.717, 1.165) is 5.56 Å². The van der Waals surface area contributed by atoms with Gasteiger partial charge in [-0.1, -0.05) is 42.5 Å². The van der Waals surface area contributed by atoms with Gasteiger partial charge in [-0.3, -0.25) is 9.59 Å². The molecule has 2 atom stereocenters. The molecule has 0 spiro atoms. The van der Waals surface area contributed by atoms with Crippen molar-refractivity contribution < 1.29 is 63.7 Å². The van der Waals surface area contributed by atoms with Crippen molar-refractivity contribution in [1.82, 2.24) is 9.88 Å². The number of halogens is 1. The molecule has 1 amide bonds. The number of aliphatic hydroxyl groups is 2. The Kier molecular flexibility index (Phi) is 13.8. The van der Waals surface area contributed by atoms with Crippen molar-refractivity contribution in [3.05, 3.63) is 83.6 Å². The van der Waals surface area contributed by atoms with Crippen LogP contribution in [0.3, 0.4) is 0 Å². The Labute approximate surface area is 272 Å². The van der Waals surface area contributed by atoms with Gasteiger partial charge in [0.1, 0.15) is 11.5 Å². The third kappa shape index (κ3) is 9.87. The zero-order valence-corrected chi connectivity index (χ0v) is 27.0. The van der Waals surface area contributed by atoms with Crippen LogP contribution in [0.2, 0.25) is 0 Å². The van der Waals surface area contributed by atoms with Crippen molar-refractivity contribution in [1.29, 1.82) is 0 Å². The van der Waals surface area contributed by atoms with Crippen LogP contribution in [0.1, 0.15) is 62.3 Å². The Morgan fingerprint density at radius 1 is 1.00 bits per heavy atom. The predicted molar refractivity (Wildman–Crippen MR) is 156 cm³/mol. The van der Waals surface area contributed by atoms with Crippen molar-refractivity contribution in [3.8, 4) is 22.3 Å². The summed E-state index contributed by atoms with van der Waals surface area (Å²) < 4.78 is 15.9. The summed E-state index contributed by atoms with van der Waals surface area (Å²) in [6.07, 6.45) is -1.42. The number of aromatic nitrogens is 1. The summed E-state index contributed by atoms with van der Waals surface area (Å²) in [7, 11) is 0. The first-order valence-electron chi connectivity index (χ1n) is 13.8. The van der Waals surface area contributed by atoms with Crippen LogP contribution in [0.4, 0.5) is 4.39 Å². The summed E-state index contributed by atoms with van der Waals surface area (Å²) in [5, 5.41) is 34.4. The number of carbonyl (C=O) groups is 3. The van der Waals surface area contributed by atoms with E-state index in [9.17, 15) is 34.1 Å². The second-order valence-corrected chi connectivity index (χ2v) is 10.6. The smallest absolute Gasteiger partial charge is 0.550 e. The van der Waals surface area contributed by atoms with Crippen molar-refractivity contribution in [2.24, 2.45) is 5.73 Å². The molecule has 5 N–H and O–H groups in total. The number of rotatable bonds is 14. The second kappa shape index (κ2) is 16.5. The Bertz CT molecular complexity index is 1440. The average Bonchev–Trinajstić information content (AvgIpc) is 3.26. The number of nitrogens with two attached hydrogens (primary N) is 1. The number of hydrogen-bond donors (Lipinski definition) is 4. The number of aliphatic hydroxyl groups excluding tert-OH is 2. The first kappa shape index (κ1) is 35.9. The van der Waals surface area contributed by atoms with Gasteiger partial charge in [-0.15, -0.1) is 0 Å². The number of carbonyl (C=O) groups excluding carboxylic acids is 3. The Balaban J connectivity index is 0.00000645. The zero-order chi connectivity index (χ0) is 31.0. The molecule has 224 valence electrons. The zero-order valence-electron chi connectivity index (χ0n) is 25.0. The molecule has 9 nitrogen and oxygen atoms in total. The molecule has 0 aliphatic heterocycles. The number of allylic oxidation sites excluding steroid dienone is 1. The largest absolute Gasteiger partial charge is 1.00 e. The molecule has 0 bridgehead atoms. The third-order valence-electron chi connectivity index (χ3n) is 6.74. The summed E-state index contributed by atoms with van der Waals surface area (Å²) in [6.45, 7) is 5.12. The van der Waals surface area contributed by atoms with E-state index in [1.165, 1.54) is 25.1 Å². The quantitative estimate of drug-likeness (QED) is 0.148. The molecule has 43 heavy (non-hydrogen) atoms. The number of carboxylic acid groups (broad SMARTS) is 1. The number of nitrogens with one attached hydrogen (secondary N) is 1. The van der Waals surface area contributed by atoms with Crippen molar-refractivity contribution in [3.63, 3.8) is 0 Å². The van der Waals surface area contributed by atoms with Gasteiger partial charge in [0, 0.05) is 47.0 Å². The van der Waals surface area contributed by atoms with E-state index in [-0.39, 0.29) is 72.9 Å². The average molecular weight is 602 g/mol. The first-order valence-corrected chi connectivity index (χ1v) is 13.8. The van der Waals surface area contributed by atoms with E-state index in [4.69, 9.17) is 5.73 Å². The molecule has 0 saturated carbocycles. The number of carboxylic acids is 1. The summed E-state index contributed by atoms with van der Waals surface area (Å²) in [5.41, 5.74) is 9.81. The second-order valence-electron chi connectivity index (χ2n) is 10.6. The van der Waals surface area contributed by atoms with Crippen LogP contribution in [0.15, 0.2) is 66.4 Å². The van der Waals surface area contributed by atoms with E-state index in [0.29, 0.717) is 28.1 Å². The van der Waals surface area contributed by atoms with Gasteiger partial charge in [0.2, 0.25) is 0 Å². The van der Waals surface area contributed by atoms with Gasteiger partial charge >= 0.3 is 29.6 Å². The minimum atomic E-state index is -1.41. The molecule has 0 saturated heterocycles. The van der Waals surface area contributed by atoms with Crippen molar-refractivity contribution >= 4 is 17.7 Å². The fourth-order valence-electron chi connectivity index (χ4n) is 5.08. The van der Waals surface area contributed by atoms with Gasteiger partial charge in [0.05, 0.1) is 18.8 Å². The number of ketones is 1. The maximum atomic E-state index is 14.0. The molecule has 1 heterocycles. The maximum Gasteiger partial charge on any atom is 1.00 e. The van der Waals surface area contributed by atoms with E-state index < -0.39 is 36.3 Å². The molecule has 2 aromatic carbocycles. The van der Waals surface area contributed by atoms with Crippen molar-refractivity contribution in [2.75, 3.05) is 6.54 Å². The van der Waals surface area contributed by atoms with Gasteiger partial charge in [-0.25, -0.2) is 4.39 Å². The number of aliphatic carboxylic acids is 1. The number of amides is 1. The van der Waals surface area contributed by atoms with Gasteiger partial charge in [0.15, 0.2) is 5.78 Å². The molecule has 3 rings (SSSR count). The van der Waals surface area contributed by atoms with Crippen LogP contribution in [0.25, 0.3) is 22.3 Å². The molecule has 0 unspecified atom stereocenters. The molecular formula is C32H37FN3NaO6. The molecule has 11 heteroatoms. The van der Waals surface area contributed by atoms with Crippen LogP contribution in [-0.2, 0) is 16.0 Å². The molecular weight excluding hydrogens is 564 g/mol.